The zero-order valence-electron chi connectivity index (χ0n) is 8.21. The summed E-state index contributed by atoms with van der Waals surface area (Å²) in [7, 11) is 0. The minimum absolute atomic E-state index is 0.189. The topological polar surface area (TPSA) is 17.1 Å². The van der Waals surface area contributed by atoms with Crippen LogP contribution in [0.2, 0.25) is 0 Å². The Morgan fingerprint density at radius 2 is 1.25 bits per heavy atom. The van der Waals surface area contributed by atoms with Crippen molar-refractivity contribution < 1.29 is 4.79 Å². The van der Waals surface area contributed by atoms with Crippen LogP contribution in [0.1, 0.15) is 18.9 Å². The lowest BCUT2D eigenvalue weighted by Crippen LogP contribution is -1.98. The molecule has 0 spiro atoms. The number of rotatable bonds is 3. The van der Waals surface area contributed by atoms with Gasteiger partial charge in [0.15, 0.2) is 0 Å². The van der Waals surface area contributed by atoms with E-state index in [1.807, 2.05) is 0 Å². The van der Waals surface area contributed by atoms with Gasteiger partial charge in [-0.2, -0.15) is 0 Å². The van der Waals surface area contributed by atoms with Crippen molar-refractivity contribution in [2.24, 2.45) is 0 Å². The fourth-order valence-corrected chi connectivity index (χ4v) is 4.70. The van der Waals surface area contributed by atoms with Gasteiger partial charge in [0.05, 0.1) is 0 Å². The Morgan fingerprint density at radius 1 is 0.875 bits per heavy atom. The first-order valence-corrected chi connectivity index (χ1v) is 8.32. The van der Waals surface area contributed by atoms with Gasteiger partial charge in [-0.25, -0.2) is 0 Å². The van der Waals surface area contributed by atoms with Crippen molar-refractivity contribution in [2.75, 3.05) is 0 Å². The van der Waals surface area contributed by atoms with Crippen LogP contribution in [0, 0.1) is 0 Å². The van der Waals surface area contributed by atoms with Gasteiger partial charge in [0.1, 0.15) is 5.78 Å². The van der Waals surface area contributed by atoms with Gasteiger partial charge in [0.2, 0.25) is 0 Å². The molecule has 0 aliphatic rings. The highest BCUT2D eigenvalue weighted by Gasteiger charge is 2.17. The number of Topliss-reactive ketones (excluding diaryl/α,β-unsaturated/α-hetero) is 1. The maximum atomic E-state index is 11.0. The molecule has 0 aliphatic carbocycles. The van der Waals surface area contributed by atoms with Crippen LogP contribution in [0.3, 0.4) is 0 Å². The van der Waals surface area contributed by atoms with Crippen molar-refractivity contribution in [3.05, 3.63) is 27.9 Å². The number of carbonyl (C=O) groups is 1. The second-order valence-corrected chi connectivity index (χ2v) is 7.22. The Labute approximate surface area is 136 Å². The molecular formula is C10H7Br5O. The van der Waals surface area contributed by atoms with E-state index in [0.717, 1.165) is 27.9 Å². The third-order valence-corrected chi connectivity index (χ3v) is 8.29. The lowest BCUT2D eigenvalue weighted by molar-refractivity contribution is -0.116. The Bertz CT molecular complexity index is 412. The normalized spacial score (nSPS) is 10.6. The van der Waals surface area contributed by atoms with E-state index >= 15 is 0 Å². The van der Waals surface area contributed by atoms with Gasteiger partial charge in [-0.05, 0) is 98.6 Å². The Hall–Kier alpha value is 1.29. The van der Waals surface area contributed by atoms with Crippen LogP contribution in [0.5, 0.6) is 0 Å². The first-order valence-electron chi connectivity index (χ1n) is 4.36. The lowest BCUT2D eigenvalue weighted by atomic mass is 10.1. The Kier molecular flexibility index (Phi) is 6.19. The average molecular weight is 543 g/mol. The molecule has 1 aromatic rings. The van der Waals surface area contributed by atoms with Gasteiger partial charge in [-0.1, -0.05) is 0 Å². The van der Waals surface area contributed by atoms with E-state index in [0.29, 0.717) is 12.8 Å². The molecule has 0 N–H and O–H groups in total. The van der Waals surface area contributed by atoms with Gasteiger partial charge in [0.25, 0.3) is 0 Å². The van der Waals surface area contributed by atoms with Crippen molar-refractivity contribution in [3.63, 3.8) is 0 Å². The SMILES string of the molecule is CC(=O)CCc1c(Br)c(Br)c(Br)c(Br)c1Br. The molecule has 0 aliphatic heterocycles. The van der Waals surface area contributed by atoms with E-state index in [9.17, 15) is 4.79 Å². The molecule has 1 aromatic carbocycles. The van der Waals surface area contributed by atoms with Gasteiger partial charge in [-0.3, -0.25) is 0 Å². The molecule has 6 heteroatoms. The van der Waals surface area contributed by atoms with Gasteiger partial charge in [-0.15, -0.1) is 0 Å². The highest BCUT2D eigenvalue weighted by Crippen LogP contribution is 2.44. The molecule has 0 saturated carbocycles. The summed E-state index contributed by atoms with van der Waals surface area (Å²) in [4.78, 5) is 11.0. The summed E-state index contributed by atoms with van der Waals surface area (Å²) in [6.45, 7) is 1.60. The van der Waals surface area contributed by atoms with Crippen LogP contribution >= 0.6 is 79.6 Å². The van der Waals surface area contributed by atoms with Crippen LogP contribution in [0.4, 0.5) is 0 Å². The number of ketones is 1. The van der Waals surface area contributed by atoms with Gasteiger partial charge >= 0.3 is 0 Å². The lowest BCUT2D eigenvalue weighted by Gasteiger charge is -2.12. The van der Waals surface area contributed by atoms with Crippen LogP contribution < -0.4 is 0 Å². The standard InChI is InChI=1S/C10H7Br5O/c1-4(16)2-3-5-6(11)8(13)10(15)9(14)7(5)12/h2-3H2,1H3. The molecule has 0 bridgehead atoms. The van der Waals surface area contributed by atoms with Gasteiger partial charge in [0, 0.05) is 28.8 Å². The number of benzene rings is 1. The molecule has 0 amide bonds. The minimum Gasteiger partial charge on any atom is -0.300 e. The third-order valence-electron chi connectivity index (χ3n) is 2.03. The predicted octanol–water partition coefficient (Wildman–Crippen LogP) is 6.02. The first-order chi connectivity index (χ1) is 7.36. The molecule has 88 valence electrons. The highest BCUT2D eigenvalue weighted by molar-refractivity contribution is 9.15. The molecule has 0 fully saturated rings. The minimum atomic E-state index is 0.189. The molecular weight excluding hydrogens is 536 g/mol. The molecule has 0 aromatic heterocycles. The molecule has 1 rings (SSSR count). The summed E-state index contributed by atoms with van der Waals surface area (Å²) < 4.78 is 4.77. The van der Waals surface area contributed by atoms with E-state index in [-0.39, 0.29) is 5.78 Å². The number of hydrogen-bond donors (Lipinski definition) is 0. The monoisotopic (exact) mass is 538 g/mol. The van der Waals surface area contributed by atoms with E-state index in [1.54, 1.807) is 6.92 Å². The van der Waals surface area contributed by atoms with Crippen LogP contribution in [-0.4, -0.2) is 5.78 Å². The first kappa shape index (κ1) is 15.3. The van der Waals surface area contributed by atoms with Crippen LogP contribution in [0.15, 0.2) is 22.4 Å². The van der Waals surface area contributed by atoms with Crippen molar-refractivity contribution >= 4 is 85.4 Å². The van der Waals surface area contributed by atoms with E-state index in [4.69, 9.17) is 0 Å². The maximum Gasteiger partial charge on any atom is 0.130 e. The van der Waals surface area contributed by atoms with Crippen LogP contribution in [-0.2, 0) is 11.2 Å². The quantitative estimate of drug-likeness (QED) is 0.337. The fraction of sp³-hybridized carbons (Fsp3) is 0.300. The fourth-order valence-electron chi connectivity index (χ4n) is 1.17. The average Bonchev–Trinajstić information content (AvgIpc) is 2.23. The second kappa shape index (κ2) is 6.45. The van der Waals surface area contributed by atoms with Crippen molar-refractivity contribution in [1.29, 1.82) is 0 Å². The smallest absolute Gasteiger partial charge is 0.130 e. The van der Waals surface area contributed by atoms with Crippen molar-refractivity contribution in [3.8, 4) is 0 Å². The predicted molar refractivity (Wildman–Crippen MR) is 83.9 cm³/mol. The molecule has 0 saturated heterocycles. The number of carbonyl (C=O) groups excluding carboxylic acids is 1. The Balaban J connectivity index is 3.23. The summed E-state index contributed by atoms with van der Waals surface area (Å²) in [5.74, 6) is 0.189. The van der Waals surface area contributed by atoms with E-state index < -0.39 is 0 Å². The number of halogens is 5. The zero-order chi connectivity index (χ0) is 12.5. The molecule has 16 heavy (non-hydrogen) atoms. The molecule has 0 radical (unpaired) electrons. The summed E-state index contributed by atoms with van der Waals surface area (Å²) in [5, 5.41) is 0. The molecule has 0 heterocycles. The van der Waals surface area contributed by atoms with Crippen molar-refractivity contribution in [2.45, 2.75) is 19.8 Å². The largest absolute Gasteiger partial charge is 0.300 e. The van der Waals surface area contributed by atoms with E-state index in [2.05, 4.69) is 79.6 Å². The number of hydrogen-bond acceptors (Lipinski definition) is 1. The van der Waals surface area contributed by atoms with Crippen molar-refractivity contribution in [1.82, 2.24) is 0 Å². The molecule has 1 nitrogen and oxygen atoms in total. The summed E-state index contributed by atoms with van der Waals surface area (Å²) in [6.07, 6.45) is 1.25. The Morgan fingerprint density at radius 3 is 1.62 bits per heavy atom. The summed E-state index contributed by atoms with van der Waals surface area (Å²) >= 11 is 17.5. The van der Waals surface area contributed by atoms with E-state index in [1.165, 1.54) is 0 Å². The summed E-state index contributed by atoms with van der Waals surface area (Å²) in [5.41, 5.74) is 1.08. The zero-order valence-corrected chi connectivity index (χ0v) is 16.1. The molecule has 0 atom stereocenters. The second-order valence-electron chi connectivity index (χ2n) is 3.25. The highest BCUT2D eigenvalue weighted by atomic mass is 79.9. The molecule has 0 unspecified atom stereocenters. The summed E-state index contributed by atoms with van der Waals surface area (Å²) in [6, 6.07) is 0. The van der Waals surface area contributed by atoms with Crippen LogP contribution in [0.25, 0.3) is 0 Å². The third kappa shape index (κ3) is 3.40. The van der Waals surface area contributed by atoms with Gasteiger partial charge < -0.3 is 4.79 Å². The maximum absolute atomic E-state index is 11.0.